The summed E-state index contributed by atoms with van der Waals surface area (Å²) in [7, 11) is 0. The highest BCUT2D eigenvalue weighted by atomic mass is 16.5. The van der Waals surface area contributed by atoms with Gasteiger partial charge in [0.15, 0.2) is 0 Å². The number of hydrogen-bond donors (Lipinski definition) is 2. The standard InChI is InChI=1S/C14H15N3O/c1-9-6-10(2)8-11(7-9)18-14-12(13(15)16)4-3-5-17-14/h3-8H,1-2H3,(H3,15,16). The van der Waals surface area contributed by atoms with E-state index >= 15 is 0 Å². The van der Waals surface area contributed by atoms with Crippen LogP contribution in [0.2, 0.25) is 0 Å². The van der Waals surface area contributed by atoms with E-state index in [-0.39, 0.29) is 5.84 Å². The molecule has 2 rings (SSSR count). The molecule has 0 amide bonds. The second kappa shape index (κ2) is 4.87. The van der Waals surface area contributed by atoms with Crippen molar-refractivity contribution in [1.29, 1.82) is 5.41 Å². The number of benzene rings is 1. The number of amidine groups is 1. The highest BCUT2D eigenvalue weighted by Gasteiger charge is 2.08. The SMILES string of the molecule is Cc1cc(C)cc(Oc2ncccc2C(=N)N)c1. The van der Waals surface area contributed by atoms with E-state index in [4.69, 9.17) is 15.9 Å². The van der Waals surface area contributed by atoms with Crippen LogP contribution in [0.3, 0.4) is 0 Å². The van der Waals surface area contributed by atoms with E-state index in [0.717, 1.165) is 11.1 Å². The van der Waals surface area contributed by atoms with Gasteiger partial charge in [-0.2, -0.15) is 0 Å². The van der Waals surface area contributed by atoms with Crippen LogP contribution in [0.5, 0.6) is 11.6 Å². The van der Waals surface area contributed by atoms with Crippen LogP contribution in [0.15, 0.2) is 36.5 Å². The van der Waals surface area contributed by atoms with Crippen LogP contribution in [-0.4, -0.2) is 10.8 Å². The van der Waals surface area contributed by atoms with Crippen molar-refractivity contribution in [2.75, 3.05) is 0 Å². The Hall–Kier alpha value is -2.36. The molecule has 4 heteroatoms. The smallest absolute Gasteiger partial charge is 0.230 e. The van der Waals surface area contributed by atoms with Crippen LogP contribution in [0.4, 0.5) is 0 Å². The molecule has 0 aliphatic carbocycles. The van der Waals surface area contributed by atoms with E-state index in [2.05, 4.69) is 11.1 Å². The number of aromatic nitrogens is 1. The van der Waals surface area contributed by atoms with Crippen molar-refractivity contribution in [1.82, 2.24) is 4.98 Å². The second-order valence-electron chi connectivity index (χ2n) is 4.20. The summed E-state index contributed by atoms with van der Waals surface area (Å²) in [5.74, 6) is 1.01. The molecule has 0 fully saturated rings. The van der Waals surface area contributed by atoms with Gasteiger partial charge in [-0.15, -0.1) is 0 Å². The Bertz CT molecular complexity index is 573. The Labute approximate surface area is 106 Å². The van der Waals surface area contributed by atoms with Crippen LogP contribution in [0, 0.1) is 19.3 Å². The maximum absolute atomic E-state index is 7.48. The number of nitrogens with zero attached hydrogens (tertiary/aromatic N) is 1. The summed E-state index contributed by atoms with van der Waals surface area (Å²) in [6, 6.07) is 9.35. The zero-order valence-corrected chi connectivity index (χ0v) is 10.4. The third kappa shape index (κ3) is 2.66. The van der Waals surface area contributed by atoms with Gasteiger partial charge in [0.2, 0.25) is 5.88 Å². The molecule has 3 N–H and O–H groups in total. The number of pyridine rings is 1. The topological polar surface area (TPSA) is 72.0 Å². The summed E-state index contributed by atoms with van der Waals surface area (Å²) in [4.78, 5) is 4.11. The number of ether oxygens (including phenoxy) is 1. The van der Waals surface area contributed by atoms with Gasteiger partial charge in [0.1, 0.15) is 11.6 Å². The third-order valence-corrected chi connectivity index (χ3v) is 2.47. The van der Waals surface area contributed by atoms with Crippen molar-refractivity contribution >= 4 is 5.84 Å². The molecule has 0 spiro atoms. The quantitative estimate of drug-likeness (QED) is 0.641. The zero-order chi connectivity index (χ0) is 13.1. The molecule has 0 aliphatic rings. The van der Waals surface area contributed by atoms with E-state index in [1.54, 1.807) is 18.3 Å². The number of nitrogen functional groups attached to an aromatic ring is 1. The van der Waals surface area contributed by atoms with Gasteiger partial charge in [-0.05, 0) is 49.2 Å². The Kier molecular flexibility index (Phi) is 3.28. The minimum absolute atomic E-state index is 0.0533. The summed E-state index contributed by atoms with van der Waals surface area (Å²) in [6.45, 7) is 4.01. The summed E-state index contributed by atoms with van der Waals surface area (Å²) in [5.41, 5.74) is 8.22. The van der Waals surface area contributed by atoms with Crippen molar-refractivity contribution in [3.8, 4) is 11.6 Å². The highest BCUT2D eigenvalue weighted by Crippen LogP contribution is 2.24. The molecule has 1 aromatic carbocycles. The van der Waals surface area contributed by atoms with Gasteiger partial charge >= 0.3 is 0 Å². The summed E-state index contributed by atoms with van der Waals surface area (Å²) in [6.07, 6.45) is 1.62. The Morgan fingerprint density at radius 3 is 2.50 bits per heavy atom. The van der Waals surface area contributed by atoms with Crippen LogP contribution < -0.4 is 10.5 Å². The number of hydrogen-bond acceptors (Lipinski definition) is 3. The summed E-state index contributed by atoms with van der Waals surface area (Å²) < 4.78 is 5.70. The van der Waals surface area contributed by atoms with Crippen molar-refractivity contribution < 1.29 is 4.74 Å². The molecular weight excluding hydrogens is 226 g/mol. The number of aryl methyl sites for hydroxylation is 2. The molecule has 4 nitrogen and oxygen atoms in total. The largest absolute Gasteiger partial charge is 0.438 e. The van der Waals surface area contributed by atoms with Crippen molar-refractivity contribution in [3.05, 3.63) is 53.2 Å². The zero-order valence-electron chi connectivity index (χ0n) is 10.4. The molecule has 0 aliphatic heterocycles. The Balaban J connectivity index is 2.37. The lowest BCUT2D eigenvalue weighted by Crippen LogP contribution is -2.12. The van der Waals surface area contributed by atoms with Gasteiger partial charge in [0.05, 0.1) is 5.56 Å². The van der Waals surface area contributed by atoms with E-state index in [1.165, 1.54) is 0 Å². The van der Waals surface area contributed by atoms with Crippen LogP contribution >= 0.6 is 0 Å². The second-order valence-corrected chi connectivity index (χ2v) is 4.20. The molecule has 18 heavy (non-hydrogen) atoms. The molecule has 0 saturated heterocycles. The summed E-state index contributed by atoms with van der Waals surface area (Å²) >= 11 is 0. The first-order valence-corrected chi connectivity index (χ1v) is 5.62. The Morgan fingerprint density at radius 1 is 1.22 bits per heavy atom. The number of rotatable bonds is 3. The maximum Gasteiger partial charge on any atom is 0.230 e. The van der Waals surface area contributed by atoms with Gasteiger partial charge in [-0.3, -0.25) is 5.41 Å². The van der Waals surface area contributed by atoms with Crippen molar-refractivity contribution in [3.63, 3.8) is 0 Å². The van der Waals surface area contributed by atoms with E-state index in [1.807, 2.05) is 26.0 Å². The molecule has 0 atom stereocenters. The first-order chi connectivity index (χ1) is 8.56. The lowest BCUT2D eigenvalue weighted by atomic mass is 10.1. The van der Waals surface area contributed by atoms with E-state index in [9.17, 15) is 0 Å². The first-order valence-electron chi connectivity index (χ1n) is 5.62. The third-order valence-electron chi connectivity index (χ3n) is 2.47. The normalized spacial score (nSPS) is 10.1. The fraction of sp³-hybridized carbons (Fsp3) is 0.143. The van der Waals surface area contributed by atoms with E-state index in [0.29, 0.717) is 17.2 Å². The molecule has 0 saturated carbocycles. The predicted molar refractivity (Wildman–Crippen MR) is 71.2 cm³/mol. The summed E-state index contributed by atoms with van der Waals surface area (Å²) in [5, 5.41) is 7.48. The average Bonchev–Trinajstić information content (AvgIpc) is 2.27. The molecule has 0 unspecified atom stereocenters. The maximum atomic E-state index is 7.48. The number of nitrogens with one attached hydrogen (secondary N) is 1. The monoisotopic (exact) mass is 241 g/mol. The minimum atomic E-state index is -0.0533. The highest BCUT2D eigenvalue weighted by molar-refractivity contribution is 5.97. The van der Waals surface area contributed by atoms with Crippen LogP contribution in [-0.2, 0) is 0 Å². The van der Waals surface area contributed by atoms with E-state index < -0.39 is 0 Å². The Morgan fingerprint density at radius 2 is 1.89 bits per heavy atom. The fourth-order valence-electron chi connectivity index (χ4n) is 1.78. The molecular formula is C14H15N3O. The van der Waals surface area contributed by atoms with Crippen molar-refractivity contribution in [2.45, 2.75) is 13.8 Å². The molecule has 2 aromatic rings. The van der Waals surface area contributed by atoms with Gasteiger partial charge in [-0.25, -0.2) is 4.98 Å². The lowest BCUT2D eigenvalue weighted by Gasteiger charge is -2.10. The van der Waals surface area contributed by atoms with Crippen LogP contribution in [0.25, 0.3) is 0 Å². The van der Waals surface area contributed by atoms with Gasteiger partial charge < -0.3 is 10.5 Å². The predicted octanol–water partition coefficient (Wildman–Crippen LogP) is 2.77. The molecule has 1 aromatic heterocycles. The molecule has 0 bridgehead atoms. The lowest BCUT2D eigenvalue weighted by molar-refractivity contribution is 0.461. The fourth-order valence-corrected chi connectivity index (χ4v) is 1.78. The van der Waals surface area contributed by atoms with Crippen molar-refractivity contribution in [2.24, 2.45) is 5.73 Å². The first kappa shape index (κ1) is 12.1. The number of nitrogens with two attached hydrogens (primary N) is 1. The van der Waals surface area contributed by atoms with Gasteiger partial charge in [0, 0.05) is 6.20 Å². The molecule has 1 heterocycles. The average molecular weight is 241 g/mol. The molecule has 0 radical (unpaired) electrons. The minimum Gasteiger partial charge on any atom is -0.438 e. The molecule has 92 valence electrons. The van der Waals surface area contributed by atoms with Gasteiger partial charge in [0.25, 0.3) is 0 Å². The van der Waals surface area contributed by atoms with Crippen LogP contribution in [0.1, 0.15) is 16.7 Å². The van der Waals surface area contributed by atoms with Gasteiger partial charge in [-0.1, -0.05) is 6.07 Å².